The Kier molecular flexibility index (Phi) is 3.48. The molecule has 2 N–H and O–H groups in total. The smallest absolute Gasteiger partial charge is 0.220 e. The van der Waals surface area contributed by atoms with Crippen molar-refractivity contribution in [3.63, 3.8) is 0 Å². The quantitative estimate of drug-likeness (QED) is 0.906. The Morgan fingerprint density at radius 2 is 2.40 bits per heavy atom. The first-order chi connectivity index (χ1) is 9.61. The van der Waals surface area contributed by atoms with Crippen molar-refractivity contribution in [3.8, 4) is 11.5 Å². The lowest BCUT2D eigenvalue weighted by Crippen LogP contribution is -2.14. The highest BCUT2D eigenvalue weighted by molar-refractivity contribution is 7.18. The van der Waals surface area contributed by atoms with Gasteiger partial charge in [-0.3, -0.25) is 4.79 Å². The fourth-order valence-corrected chi connectivity index (χ4v) is 3.28. The van der Waals surface area contributed by atoms with E-state index in [4.69, 9.17) is 4.74 Å². The van der Waals surface area contributed by atoms with Gasteiger partial charge in [-0.15, -0.1) is 11.3 Å². The fraction of sp³-hybridized carbons (Fsp3) is 0.429. The monoisotopic (exact) mass is 292 g/mol. The van der Waals surface area contributed by atoms with Crippen LogP contribution in [-0.2, 0) is 4.79 Å². The molecule has 0 aliphatic carbocycles. The number of ether oxygens (including phenoxy) is 1. The van der Waals surface area contributed by atoms with E-state index in [0.29, 0.717) is 24.7 Å². The zero-order valence-electron chi connectivity index (χ0n) is 11.2. The Morgan fingerprint density at radius 1 is 1.55 bits per heavy atom. The van der Waals surface area contributed by atoms with Gasteiger partial charge < -0.3 is 15.2 Å². The van der Waals surface area contributed by atoms with Crippen LogP contribution >= 0.6 is 11.3 Å². The predicted octanol–water partition coefficient (Wildman–Crippen LogP) is 2.22. The number of hydrogen-bond donors (Lipinski definition) is 2. The average Bonchev–Trinajstić information content (AvgIpc) is 2.94. The van der Waals surface area contributed by atoms with Crippen molar-refractivity contribution in [2.45, 2.75) is 19.8 Å². The molecule has 1 aliphatic rings. The van der Waals surface area contributed by atoms with E-state index < -0.39 is 0 Å². The van der Waals surface area contributed by atoms with E-state index in [1.54, 1.807) is 23.5 Å². The molecule has 0 spiro atoms. The van der Waals surface area contributed by atoms with Crippen LogP contribution in [0.2, 0.25) is 0 Å². The van der Waals surface area contributed by atoms with Crippen LogP contribution in [0.3, 0.4) is 0 Å². The van der Waals surface area contributed by atoms with Crippen LogP contribution in [0.1, 0.15) is 17.8 Å². The highest BCUT2D eigenvalue weighted by Gasteiger charge is 2.21. The first kappa shape index (κ1) is 13.2. The molecule has 1 saturated heterocycles. The molecule has 1 aromatic heterocycles. The van der Waals surface area contributed by atoms with Crippen molar-refractivity contribution >= 4 is 27.5 Å². The van der Waals surface area contributed by atoms with Gasteiger partial charge in [0.1, 0.15) is 11.5 Å². The maximum absolute atomic E-state index is 11.1. The highest BCUT2D eigenvalue weighted by atomic mass is 32.1. The van der Waals surface area contributed by atoms with Crippen LogP contribution in [0, 0.1) is 12.8 Å². The molecule has 2 heterocycles. The summed E-state index contributed by atoms with van der Waals surface area (Å²) in [7, 11) is 0. The minimum Gasteiger partial charge on any atom is -0.508 e. The number of aryl methyl sites for hydroxylation is 1. The molecule has 1 aliphatic heterocycles. The second kappa shape index (κ2) is 5.28. The van der Waals surface area contributed by atoms with E-state index >= 15 is 0 Å². The minimum atomic E-state index is 0.118. The van der Waals surface area contributed by atoms with E-state index in [-0.39, 0.29) is 11.7 Å². The number of phenolic OH excluding ortho intramolecular Hbond substituents is 1. The zero-order valence-corrected chi connectivity index (χ0v) is 12.0. The third-order valence-electron chi connectivity index (χ3n) is 3.39. The molecule has 1 aromatic carbocycles. The third kappa shape index (κ3) is 2.70. The molecular formula is C14H16N2O3S. The van der Waals surface area contributed by atoms with Crippen LogP contribution in [-0.4, -0.2) is 29.1 Å². The van der Waals surface area contributed by atoms with Crippen molar-refractivity contribution in [3.05, 3.63) is 17.1 Å². The van der Waals surface area contributed by atoms with Gasteiger partial charge in [0.15, 0.2) is 0 Å². The molecule has 20 heavy (non-hydrogen) atoms. The first-order valence-electron chi connectivity index (χ1n) is 6.61. The number of nitrogens with one attached hydrogen (secondary N) is 1. The summed E-state index contributed by atoms with van der Waals surface area (Å²) >= 11 is 1.56. The second-order valence-electron chi connectivity index (χ2n) is 5.04. The third-order valence-corrected chi connectivity index (χ3v) is 4.39. The van der Waals surface area contributed by atoms with E-state index in [1.165, 1.54) is 0 Å². The van der Waals surface area contributed by atoms with Gasteiger partial charge in [0, 0.05) is 25.1 Å². The number of carbonyl (C=O) groups excluding carboxylic acids is 1. The lowest BCUT2D eigenvalue weighted by molar-refractivity contribution is -0.119. The van der Waals surface area contributed by atoms with Crippen molar-refractivity contribution in [1.29, 1.82) is 0 Å². The van der Waals surface area contributed by atoms with Crippen molar-refractivity contribution in [1.82, 2.24) is 10.3 Å². The summed E-state index contributed by atoms with van der Waals surface area (Å²) in [5, 5.41) is 13.5. The first-order valence-corrected chi connectivity index (χ1v) is 7.43. The van der Waals surface area contributed by atoms with Crippen LogP contribution in [0.4, 0.5) is 0 Å². The van der Waals surface area contributed by atoms with Gasteiger partial charge in [0.2, 0.25) is 5.91 Å². The number of nitrogens with zero attached hydrogens (tertiary/aromatic N) is 1. The number of aromatic nitrogens is 1. The van der Waals surface area contributed by atoms with Gasteiger partial charge in [-0.2, -0.15) is 0 Å². The van der Waals surface area contributed by atoms with Crippen molar-refractivity contribution in [2.24, 2.45) is 5.92 Å². The predicted molar refractivity (Wildman–Crippen MR) is 77.3 cm³/mol. The van der Waals surface area contributed by atoms with Gasteiger partial charge in [-0.25, -0.2) is 4.98 Å². The number of amides is 1. The van der Waals surface area contributed by atoms with Crippen LogP contribution < -0.4 is 10.1 Å². The number of thiazole rings is 1. The number of aromatic hydroxyl groups is 1. The summed E-state index contributed by atoms with van der Waals surface area (Å²) in [5.74, 6) is 1.30. The minimum absolute atomic E-state index is 0.118. The lowest BCUT2D eigenvalue weighted by atomic mass is 10.1. The summed E-state index contributed by atoms with van der Waals surface area (Å²) < 4.78 is 6.74. The van der Waals surface area contributed by atoms with Crippen LogP contribution in [0.25, 0.3) is 10.2 Å². The molecule has 0 radical (unpaired) electrons. The Hall–Kier alpha value is -1.82. The number of rotatable bonds is 4. The molecule has 1 fully saturated rings. The Balaban J connectivity index is 1.69. The summed E-state index contributed by atoms with van der Waals surface area (Å²) in [6.07, 6.45) is 1.41. The maximum Gasteiger partial charge on any atom is 0.220 e. The van der Waals surface area contributed by atoms with Crippen LogP contribution in [0.15, 0.2) is 12.1 Å². The van der Waals surface area contributed by atoms with Crippen LogP contribution in [0.5, 0.6) is 11.5 Å². The van der Waals surface area contributed by atoms with Gasteiger partial charge in [-0.1, -0.05) is 0 Å². The Labute approximate surface area is 120 Å². The molecule has 5 nitrogen and oxygen atoms in total. The normalized spacial score (nSPS) is 18.4. The molecule has 2 aromatic rings. The SMILES string of the molecule is Cc1nc2cc(O)cc(OCCC3CNC(=O)C3)c2s1. The molecule has 106 valence electrons. The van der Waals surface area contributed by atoms with E-state index in [2.05, 4.69) is 10.3 Å². The summed E-state index contributed by atoms with van der Waals surface area (Å²) in [5.41, 5.74) is 0.764. The molecule has 1 atom stereocenters. The molecule has 0 saturated carbocycles. The maximum atomic E-state index is 11.1. The Bertz CT molecular complexity index is 653. The van der Waals surface area contributed by atoms with Gasteiger partial charge >= 0.3 is 0 Å². The number of carbonyl (C=O) groups is 1. The van der Waals surface area contributed by atoms with E-state index in [9.17, 15) is 9.90 Å². The Morgan fingerprint density at radius 3 is 3.15 bits per heavy atom. The second-order valence-corrected chi connectivity index (χ2v) is 6.24. The number of phenols is 1. The van der Waals surface area contributed by atoms with Gasteiger partial charge in [-0.05, 0) is 19.3 Å². The molecule has 3 rings (SSSR count). The number of hydrogen-bond acceptors (Lipinski definition) is 5. The van der Waals surface area contributed by atoms with Crippen molar-refractivity contribution in [2.75, 3.05) is 13.2 Å². The molecule has 6 heteroatoms. The van der Waals surface area contributed by atoms with Crippen molar-refractivity contribution < 1.29 is 14.6 Å². The number of benzene rings is 1. The van der Waals surface area contributed by atoms with E-state index in [1.807, 2.05) is 6.92 Å². The molecule has 1 amide bonds. The summed E-state index contributed by atoms with van der Waals surface area (Å²) in [6.45, 7) is 3.20. The number of fused-ring (bicyclic) bond motifs is 1. The topological polar surface area (TPSA) is 71.5 Å². The summed E-state index contributed by atoms with van der Waals surface area (Å²) in [4.78, 5) is 15.5. The van der Waals surface area contributed by atoms with Gasteiger partial charge in [0.05, 0.1) is 21.8 Å². The van der Waals surface area contributed by atoms with Gasteiger partial charge in [0.25, 0.3) is 0 Å². The molecular weight excluding hydrogens is 276 g/mol. The molecule has 0 bridgehead atoms. The fourth-order valence-electron chi connectivity index (χ4n) is 2.41. The molecule has 1 unspecified atom stereocenters. The standard InChI is InChI=1S/C14H16N2O3S/c1-8-16-11-5-10(17)6-12(14(11)20-8)19-3-2-9-4-13(18)15-7-9/h5-6,9,17H,2-4,7H2,1H3,(H,15,18). The lowest BCUT2D eigenvalue weighted by Gasteiger charge is -2.10. The average molecular weight is 292 g/mol. The zero-order chi connectivity index (χ0) is 14.1. The largest absolute Gasteiger partial charge is 0.508 e. The summed E-state index contributed by atoms with van der Waals surface area (Å²) in [6, 6.07) is 3.27. The highest BCUT2D eigenvalue weighted by Crippen LogP contribution is 2.35. The van der Waals surface area contributed by atoms with E-state index in [0.717, 1.165) is 28.2 Å².